The van der Waals surface area contributed by atoms with E-state index in [9.17, 15) is 0 Å². The summed E-state index contributed by atoms with van der Waals surface area (Å²) in [5, 5.41) is 5.36. The fourth-order valence-corrected chi connectivity index (χ4v) is 2.11. The van der Waals surface area contributed by atoms with Crippen molar-refractivity contribution < 1.29 is 4.42 Å². The normalized spacial score (nSPS) is 11.3. The average Bonchev–Trinajstić information content (AvgIpc) is 3.02. The van der Waals surface area contributed by atoms with E-state index in [1.54, 1.807) is 16.9 Å². The summed E-state index contributed by atoms with van der Waals surface area (Å²) in [6, 6.07) is 13.7. The monoisotopic (exact) mass is 235 g/mol. The summed E-state index contributed by atoms with van der Waals surface area (Å²) in [7, 11) is 0. The molecule has 18 heavy (non-hydrogen) atoms. The molecule has 0 spiro atoms. The molecule has 3 heterocycles. The van der Waals surface area contributed by atoms with Crippen LogP contribution in [0.1, 0.15) is 0 Å². The van der Waals surface area contributed by atoms with Gasteiger partial charge >= 0.3 is 0 Å². The van der Waals surface area contributed by atoms with Crippen LogP contribution >= 0.6 is 0 Å². The molecule has 0 amide bonds. The average molecular weight is 235 g/mol. The number of fused-ring (bicyclic) bond motifs is 2. The molecule has 0 bridgehead atoms. The SMILES string of the molecule is c1ccc2oc(-c3cnc4cccnn34)cc2c1. The number of hydrogen-bond donors (Lipinski definition) is 0. The zero-order valence-corrected chi connectivity index (χ0v) is 9.45. The first kappa shape index (κ1) is 9.41. The predicted octanol–water partition coefficient (Wildman–Crippen LogP) is 3.14. The van der Waals surface area contributed by atoms with E-state index in [4.69, 9.17) is 4.42 Å². The van der Waals surface area contributed by atoms with E-state index >= 15 is 0 Å². The standard InChI is InChI=1S/C14H9N3O/c1-2-5-12-10(4-1)8-13(18-12)11-9-15-14-6-3-7-16-17(11)14/h1-9H. The van der Waals surface area contributed by atoms with Crippen LogP contribution in [0.4, 0.5) is 0 Å². The van der Waals surface area contributed by atoms with Gasteiger partial charge in [-0.25, -0.2) is 9.50 Å². The van der Waals surface area contributed by atoms with Gasteiger partial charge in [0.05, 0.1) is 6.20 Å². The molecule has 0 saturated heterocycles. The third-order valence-corrected chi connectivity index (χ3v) is 2.96. The van der Waals surface area contributed by atoms with E-state index in [1.807, 2.05) is 42.5 Å². The van der Waals surface area contributed by atoms with Crippen LogP contribution in [0.25, 0.3) is 28.1 Å². The van der Waals surface area contributed by atoms with Crippen LogP contribution in [0.5, 0.6) is 0 Å². The summed E-state index contributed by atoms with van der Waals surface area (Å²) in [4.78, 5) is 4.31. The minimum Gasteiger partial charge on any atom is -0.454 e. The van der Waals surface area contributed by atoms with Crippen molar-refractivity contribution in [2.24, 2.45) is 0 Å². The molecule has 3 aromatic heterocycles. The molecule has 0 radical (unpaired) electrons. The predicted molar refractivity (Wildman–Crippen MR) is 68.2 cm³/mol. The number of para-hydroxylation sites is 1. The Labute approximate surface area is 102 Å². The van der Waals surface area contributed by atoms with E-state index in [2.05, 4.69) is 10.1 Å². The highest BCUT2D eigenvalue weighted by Gasteiger charge is 2.11. The fourth-order valence-electron chi connectivity index (χ4n) is 2.11. The van der Waals surface area contributed by atoms with Gasteiger partial charge in [-0.05, 0) is 24.3 Å². The van der Waals surface area contributed by atoms with Gasteiger partial charge in [0, 0.05) is 11.6 Å². The highest BCUT2D eigenvalue weighted by molar-refractivity contribution is 5.82. The lowest BCUT2D eigenvalue weighted by molar-refractivity contribution is 0.625. The van der Waals surface area contributed by atoms with Gasteiger partial charge in [0.2, 0.25) is 0 Å². The lowest BCUT2D eigenvalue weighted by Gasteiger charge is -1.95. The Bertz CT molecular complexity index is 811. The highest BCUT2D eigenvalue weighted by Crippen LogP contribution is 2.27. The number of furan rings is 1. The summed E-state index contributed by atoms with van der Waals surface area (Å²) >= 11 is 0. The van der Waals surface area contributed by atoms with E-state index in [1.165, 1.54) is 0 Å². The van der Waals surface area contributed by atoms with Gasteiger partial charge in [0.1, 0.15) is 11.3 Å². The van der Waals surface area contributed by atoms with Crippen LogP contribution in [0.2, 0.25) is 0 Å². The fraction of sp³-hybridized carbons (Fsp3) is 0. The van der Waals surface area contributed by atoms with Gasteiger partial charge < -0.3 is 4.42 Å². The van der Waals surface area contributed by atoms with Gasteiger partial charge in [-0.3, -0.25) is 0 Å². The maximum Gasteiger partial charge on any atom is 0.155 e. The molecule has 0 fully saturated rings. The van der Waals surface area contributed by atoms with Crippen molar-refractivity contribution in [2.75, 3.05) is 0 Å². The molecule has 4 rings (SSSR count). The van der Waals surface area contributed by atoms with Gasteiger partial charge in [0.15, 0.2) is 11.4 Å². The third kappa shape index (κ3) is 1.26. The molecule has 0 atom stereocenters. The first-order valence-corrected chi connectivity index (χ1v) is 5.69. The lowest BCUT2D eigenvalue weighted by atomic mass is 10.2. The minimum atomic E-state index is 0.780. The highest BCUT2D eigenvalue weighted by atomic mass is 16.3. The molecular formula is C14H9N3O. The summed E-state index contributed by atoms with van der Waals surface area (Å²) in [5.74, 6) is 0.780. The molecular weight excluding hydrogens is 226 g/mol. The van der Waals surface area contributed by atoms with Gasteiger partial charge in [-0.1, -0.05) is 18.2 Å². The first-order valence-electron chi connectivity index (χ1n) is 5.69. The number of imidazole rings is 1. The smallest absolute Gasteiger partial charge is 0.155 e. The lowest BCUT2D eigenvalue weighted by Crippen LogP contribution is -1.91. The molecule has 86 valence electrons. The molecule has 4 aromatic rings. The molecule has 4 heteroatoms. The van der Waals surface area contributed by atoms with Crippen LogP contribution in [0.3, 0.4) is 0 Å². The molecule has 0 aliphatic carbocycles. The maximum atomic E-state index is 5.82. The largest absolute Gasteiger partial charge is 0.454 e. The maximum absolute atomic E-state index is 5.82. The second-order valence-electron chi connectivity index (χ2n) is 4.09. The summed E-state index contributed by atoms with van der Waals surface area (Å²) in [6.45, 7) is 0. The molecule has 0 N–H and O–H groups in total. The zero-order chi connectivity index (χ0) is 11.9. The summed E-state index contributed by atoms with van der Waals surface area (Å²) in [6.07, 6.45) is 3.51. The second kappa shape index (κ2) is 3.43. The molecule has 0 unspecified atom stereocenters. The van der Waals surface area contributed by atoms with Crippen molar-refractivity contribution >= 4 is 16.6 Å². The molecule has 4 nitrogen and oxygen atoms in total. The van der Waals surface area contributed by atoms with E-state index < -0.39 is 0 Å². The van der Waals surface area contributed by atoms with Crippen LogP contribution in [-0.2, 0) is 0 Å². The quantitative estimate of drug-likeness (QED) is 0.509. The number of aromatic nitrogens is 3. The number of benzene rings is 1. The van der Waals surface area contributed by atoms with Crippen LogP contribution < -0.4 is 0 Å². The molecule has 0 aliphatic rings. The van der Waals surface area contributed by atoms with Crippen molar-refractivity contribution in [2.45, 2.75) is 0 Å². The van der Waals surface area contributed by atoms with Gasteiger partial charge in [0.25, 0.3) is 0 Å². The molecule has 0 aliphatic heterocycles. The third-order valence-electron chi connectivity index (χ3n) is 2.96. The van der Waals surface area contributed by atoms with E-state index in [-0.39, 0.29) is 0 Å². The van der Waals surface area contributed by atoms with Crippen molar-refractivity contribution in [3.05, 3.63) is 54.9 Å². The van der Waals surface area contributed by atoms with E-state index in [0.717, 1.165) is 28.1 Å². The Hall–Kier alpha value is -2.62. The topological polar surface area (TPSA) is 43.3 Å². The van der Waals surface area contributed by atoms with Crippen LogP contribution in [-0.4, -0.2) is 14.6 Å². The Morgan fingerprint density at radius 2 is 2.00 bits per heavy atom. The number of rotatable bonds is 1. The van der Waals surface area contributed by atoms with Crippen molar-refractivity contribution in [1.29, 1.82) is 0 Å². The van der Waals surface area contributed by atoms with Crippen molar-refractivity contribution in [1.82, 2.24) is 14.6 Å². The molecule has 0 saturated carbocycles. The summed E-state index contributed by atoms with van der Waals surface area (Å²) < 4.78 is 7.60. The minimum absolute atomic E-state index is 0.780. The van der Waals surface area contributed by atoms with Crippen molar-refractivity contribution in [3.63, 3.8) is 0 Å². The zero-order valence-electron chi connectivity index (χ0n) is 9.45. The Balaban J connectivity index is 2.01. The van der Waals surface area contributed by atoms with Crippen molar-refractivity contribution in [3.8, 4) is 11.5 Å². The van der Waals surface area contributed by atoms with Crippen LogP contribution in [0.15, 0.2) is 59.3 Å². The number of nitrogens with zero attached hydrogens (tertiary/aromatic N) is 3. The summed E-state index contributed by atoms with van der Waals surface area (Å²) in [5.41, 5.74) is 2.55. The molecule has 1 aromatic carbocycles. The second-order valence-corrected chi connectivity index (χ2v) is 4.09. The Morgan fingerprint density at radius 3 is 2.94 bits per heavy atom. The van der Waals surface area contributed by atoms with E-state index in [0.29, 0.717) is 0 Å². The Kier molecular flexibility index (Phi) is 1.80. The number of hydrogen-bond acceptors (Lipinski definition) is 3. The van der Waals surface area contributed by atoms with Crippen LogP contribution in [0, 0.1) is 0 Å². The first-order chi connectivity index (χ1) is 8.92. The van der Waals surface area contributed by atoms with Gasteiger partial charge in [-0.2, -0.15) is 5.10 Å². The Morgan fingerprint density at radius 1 is 1.06 bits per heavy atom. The van der Waals surface area contributed by atoms with Gasteiger partial charge in [-0.15, -0.1) is 0 Å².